The van der Waals surface area contributed by atoms with Gasteiger partial charge >= 0.3 is 0 Å². The lowest BCUT2D eigenvalue weighted by atomic mass is 9.93. The SMILES string of the molecule is Cc1ccc([N]C2CCC2)cc1. The first kappa shape index (κ1) is 7.66. The van der Waals surface area contributed by atoms with Crippen LogP contribution in [0.5, 0.6) is 0 Å². The summed E-state index contributed by atoms with van der Waals surface area (Å²) in [6, 6.07) is 9.07. The van der Waals surface area contributed by atoms with Crippen molar-refractivity contribution in [3.05, 3.63) is 29.8 Å². The Labute approximate surface area is 73.8 Å². The molecular formula is C11H14N. The van der Waals surface area contributed by atoms with E-state index >= 15 is 0 Å². The van der Waals surface area contributed by atoms with Crippen molar-refractivity contribution in [3.63, 3.8) is 0 Å². The first-order chi connectivity index (χ1) is 5.84. The van der Waals surface area contributed by atoms with Crippen LogP contribution in [0.25, 0.3) is 0 Å². The molecule has 1 aliphatic carbocycles. The van der Waals surface area contributed by atoms with E-state index in [1.165, 1.54) is 24.8 Å². The zero-order chi connectivity index (χ0) is 8.39. The summed E-state index contributed by atoms with van der Waals surface area (Å²) in [6.45, 7) is 2.10. The summed E-state index contributed by atoms with van der Waals surface area (Å²) in [4.78, 5) is 0. The minimum absolute atomic E-state index is 0.618. The number of hydrogen-bond acceptors (Lipinski definition) is 0. The van der Waals surface area contributed by atoms with Gasteiger partial charge in [0.25, 0.3) is 0 Å². The minimum Gasteiger partial charge on any atom is -0.282 e. The molecule has 2 rings (SSSR count). The van der Waals surface area contributed by atoms with Crippen molar-refractivity contribution in [2.75, 3.05) is 0 Å². The molecule has 0 N–H and O–H groups in total. The largest absolute Gasteiger partial charge is 0.282 e. The van der Waals surface area contributed by atoms with Crippen LogP contribution in [0.3, 0.4) is 0 Å². The van der Waals surface area contributed by atoms with Crippen LogP contribution in [0.15, 0.2) is 24.3 Å². The Hall–Kier alpha value is -0.980. The molecule has 0 aromatic heterocycles. The van der Waals surface area contributed by atoms with Gasteiger partial charge in [-0.25, -0.2) is 0 Å². The summed E-state index contributed by atoms with van der Waals surface area (Å²) in [5.74, 6) is 0. The quantitative estimate of drug-likeness (QED) is 0.631. The Morgan fingerprint density at radius 2 is 1.83 bits per heavy atom. The molecule has 1 heteroatoms. The lowest BCUT2D eigenvalue weighted by molar-refractivity contribution is 0.371. The number of aryl methyl sites for hydroxylation is 1. The summed E-state index contributed by atoms with van der Waals surface area (Å²) >= 11 is 0. The van der Waals surface area contributed by atoms with Crippen LogP contribution in [0.2, 0.25) is 0 Å². The van der Waals surface area contributed by atoms with Gasteiger partial charge in [-0.3, -0.25) is 5.32 Å². The van der Waals surface area contributed by atoms with E-state index in [1.54, 1.807) is 0 Å². The van der Waals surface area contributed by atoms with Crippen LogP contribution in [0.4, 0.5) is 5.69 Å². The molecule has 0 saturated heterocycles. The van der Waals surface area contributed by atoms with Gasteiger partial charge in [0.1, 0.15) is 0 Å². The van der Waals surface area contributed by atoms with E-state index in [4.69, 9.17) is 0 Å². The van der Waals surface area contributed by atoms with Crippen LogP contribution in [-0.4, -0.2) is 6.04 Å². The predicted molar refractivity (Wildman–Crippen MR) is 50.6 cm³/mol. The Balaban J connectivity index is 1.98. The summed E-state index contributed by atoms with van der Waals surface area (Å²) < 4.78 is 0. The van der Waals surface area contributed by atoms with E-state index < -0.39 is 0 Å². The molecule has 1 aromatic rings. The monoisotopic (exact) mass is 160 g/mol. The van der Waals surface area contributed by atoms with Crippen LogP contribution in [0.1, 0.15) is 24.8 Å². The number of benzene rings is 1. The van der Waals surface area contributed by atoms with E-state index in [0.717, 1.165) is 5.69 Å². The smallest absolute Gasteiger partial charge is 0.0577 e. The molecule has 0 heterocycles. The first-order valence-corrected chi connectivity index (χ1v) is 4.62. The van der Waals surface area contributed by atoms with Crippen LogP contribution >= 0.6 is 0 Å². The average molecular weight is 160 g/mol. The van der Waals surface area contributed by atoms with E-state index in [9.17, 15) is 0 Å². The van der Waals surface area contributed by atoms with E-state index in [1.807, 2.05) is 0 Å². The van der Waals surface area contributed by atoms with E-state index in [-0.39, 0.29) is 0 Å². The van der Waals surface area contributed by atoms with Gasteiger partial charge in [-0.2, -0.15) is 0 Å². The van der Waals surface area contributed by atoms with Crippen molar-refractivity contribution >= 4 is 5.69 Å². The highest BCUT2D eigenvalue weighted by molar-refractivity contribution is 5.38. The highest BCUT2D eigenvalue weighted by Gasteiger charge is 2.18. The summed E-state index contributed by atoms with van der Waals surface area (Å²) in [6.07, 6.45) is 3.93. The summed E-state index contributed by atoms with van der Waals surface area (Å²) in [5.41, 5.74) is 2.45. The molecule has 0 spiro atoms. The Bertz CT molecular complexity index is 246. The molecule has 0 amide bonds. The minimum atomic E-state index is 0.618. The summed E-state index contributed by atoms with van der Waals surface area (Å²) in [7, 11) is 0. The molecule has 0 aliphatic heterocycles. The van der Waals surface area contributed by atoms with Crippen molar-refractivity contribution in [2.45, 2.75) is 32.2 Å². The number of nitrogens with zero attached hydrogens (tertiary/aromatic N) is 1. The average Bonchev–Trinajstić information content (AvgIpc) is 2.00. The molecule has 1 aliphatic rings. The molecule has 12 heavy (non-hydrogen) atoms. The predicted octanol–water partition coefficient (Wildman–Crippen LogP) is 2.78. The molecule has 1 radical (unpaired) electrons. The van der Waals surface area contributed by atoms with Gasteiger partial charge in [-0.05, 0) is 38.3 Å². The Morgan fingerprint density at radius 3 is 2.33 bits per heavy atom. The van der Waals surface area contributed by atoms with Gasteiger partial charge in [0.05, 0.1) is 11.7 Å². The standard InChI is InChI=1S/C11H14N/c1-9-5-7-11(8-6-9)12-10-3-2-4-10/h5-8,10H,2-4H2,1H3. The molecule has 1 nitrogen and oxygen atoms in total. The third-order valence-corrected chi connectivity index (χ3v) is 2.44. The van der Waals surface area contributed by atoms with Crippen molar-refractivity contribution < 1.29 is 0 Å². The zero-order valence-corrected chi connectivity index (χ0v) is 7.46. The zero-order valence-electron chi connectivity index (χ0n) is 7.46. The molecule has 0 bridgehead atoms. The maximum Gasteiger partial charge on any atom is 0.0577 e. The fourth-order valence-electron chi connectivity index (χ4n) is 1.36. The normalized spacial score (nSPS) is 17.1. The van der Waals surface area contributed by atoms with Crippen LogP contribution in [0, 0.1) is 6.92 Å². The molecule has 1 fully saturated rings. The number of rotatable bonds is 2. The lowest BCUT2D eigenvalue weighted by Gasteiger charge is -2.24. The van der Waals surface area contributed by atoms with Crippen molar-refractivity contribution in [3.8, 4) is 0 Å². The second-order valence-electron chi connectivity index (χ2n) is 3.55. The lowest BCUT2D eigenvalue weighted by Crippen LogP contribution is -2.26. The summed E-state index contributed by atoms with van der Waals surface area (Å²) in [5, 5.41) is 4.61. The third-order valence-electron chi connectivity index (χ3n) is 2.44. The van der Waals surface area contributed by atoms with Crippen LogP contribution < -0.4 is 5.32 Å². The van der Waals surface area contributed by atoms with Crippen molar-refractivity contribution in [1.82, 2.24) is 5.32 Å². The Kier molecular flexibility index (Phi) is 2.03. The second-order valence-corrected chi connectivity index (χ2v) is 3.55. The van der Waals surface area contributed by atoms with Gasteiger partial charge in [0.2, 0.25) is 0 Å². The van der Waals surface area contributed by atoms with Gasteiger partial charge in [-0.1, -0.05) is 17.7 Å². The number of hydrogen-bond donors (Lipinski definition) is 0. The maximum atomic E-state index is 4.61. The van der Waals surface area contributed by atoms with Gasteiger partial charge in [-0.15, -0.1) is 0 Å². The Morgan fingerprint density at radius 1 is 1.17 bits per heavy atom. The molecular weight excluding hydrogens is 146 g/mol. The molecule has 1 aromatic carbocycles. The maximum absolute atomic E-state index is 4.61. The van der Waals surface area contributed by atoms with E-state index in [0.29, 0.717) is 6.04 Å². The molecule has 63 valence electrons. The molecule has 0 atom stereocenters. The first-order valence-electron chi connectivity index (χ1n) is 4.62. The highest BCUT2D eigenvalue weighted by atomic mass is 14.9. The highest BCUT2D eigenvalue weighted by Crippen LogP contribution is 2.23. The fraction of sp³-hybridized carbons (Fsp3) is 0.455. The van der Waals surface area contributed by atoms with Crippen molar-refractivity contribution in [1.29, 1.82) is 0 Å². The van der Waals surface area contributed by atoms with E-state index in [2.05, 4.69) is 36.5 Å². The second kappa shape index (κ2) is 3.18. The van der Waals surface area contributed by atoms with Gasteiger partial charge in [0.15, 0.2) is 0 Å². The van der Waals surface area contributed by atoms with Gasteiger partial charge < -0.3 is 0 Å². The fourth-order valence-corrected chi connectivity index (χ4v) is 1.36. The molecule has 1 saturated carbocycles. The van der Waals surface area contributed by atoms with Crippen molar-refractivity contribution in [2.24, 2.45) is 0 Å². The van der Waals surface area contributed by atoms with Gasteiger partial charge in [0, 0.05) is 0 Å². The topological polar surface area (TPSA) is 14.1 Å². The van der Waals surface area contributed by atoms with Crippen LogP contribution in [-0.2, 0) is 0 Å². The molecule has 0 unspecified atom stereocenters. The third kappa shape index (κ3) is 1.60.